The molecule has 2 aromatic rings. The molecular formula is C4H2N6O4. The van der Waals surface area contributed by atoms with Gasteiger partial charge < -0.3 is 10.1 Å². The Labute approximate surface area is 74.4 Å². The quantitative estimate of drug-likeness (QED) is 0.527. The van der Waals surface area contributed by atoms with Crippen LogP contribution in [0.4, 0.5) is 11.5 Å². The Bertz CT molecular complexity index is 525. The number of tetrazole rings is 1. The van der Waals surface area contributed by atoms with E-state index in [0.29, 0.717) is 0 Å². The molecule has 0 fully saturated rings. The van der Waals surface area contributed by atoms with E-state index in [2.05, 4.69) is 15.5 Å². The van der Waals surface area contributed by atoms with Crippen LogP contribution in [0, 0.1) is 20.2 Å². The maximum atomic E-state index is 10.5. The Morgan fingerprint density at radius 2 is 2.07 bits per heavy atom. The van der Waals surface area contributed by atoms with E-state index in [1.807, 2.05) is 0 Å². The van der Waals surface area contributed by atoms with Gasteiger partial charge in [0.15, 0.2) is 0 Å². The van der Waals surface area contributed by atoms with Crippen LogP contribution in [0.3, 0.4) is 0 Å². The summed E-state index contributed by atoms with van der Waals surface area (Å²) in [5.41, 5.74) is -0.584. The predicted octanol–water partition coefficient (Wildman–Crippen LogP) is -0.126. The Kier molecular flexibility index (Phi) is 1.44. The summed E-state index contributed by atoms with van der Waals surface area (Å²) >= 11 is 0. The lowest BCUT2D eigenvalue weighted by Crippen LogP contribution is -1.98. The molecule has 14 heavy (non-hydrogen) atoms. The first-order chi connectivity index (χ1) is 6.61. The number of fused-ring (bicyclic) bond motifs is 1. The number of aromatic amines is 1. The van der Waals surface area contributed by atoms with Crippen molar-refractivity contribution >= 4 is 17.2 Å². The van der Waals surface area contributed by atoms with E-state index in [0.717, 1.165) is 10.6 Å². The summed E-state index contributed by atoms with van der Waals surface area (Å²) in [5, 5.41) is 29.8. The van der Waals surface area contributed by atoms with Crippen LogP contribution >= 0.6 is 0 Å². The smallest absolute Gasteiger partial charge is 0.358 e. The largest absolute Gasteiger partial charge is 0.428 e. The minimum atomic E-state index is -0.870. The molecule has 2 rings (SSSR count). The van der Waals surface area contributed by atoms with Crippen LogP contribution in [0.5, 0.6) is 0 Å². The maximum Gasteiger partial charge on any atom is 0.428 e. The molecule has 0 spiro atoms. The van der Waals surface area contributed by atoms with E-state index in [4.69, 9.17) is 0 Å². The standard InChI is InChI=1S/C4H2N6O4/c11-9(12)2-1-3-5-6-7-8(3)4(2)10(13)14/h1H,(H,5,7). The van der Waals surface area contributed by atoms with Gasteiger partial charge in [0.25, 0.3) is 5.65 Å². The molecule has 10 heteroatoms. The fourth-order valence-electron chi connectivity index (χ4n) is 1.07. The summed E-state index contributed by atoms with van der Waals surface area (Å²) in [6.45, 7) is 0. The lowest BCUT2D eigenvalue weighted by atomic mass is 10.5. The number of nitrogens with one attached hydrogen (secondary N) is 1. The van der Waals surface area contributed by atoms with E-state index in [-0.39, 0.29) is 5.65 Å². The lowest BCUT2D eigenvalue weighted by Gasteiger charge is -1.89. The molecule has 0 aliphatic carbocycles. The van der Waals surface area contributed by atoms with Gasteiger partial charge in [-0.1, -0.05) is 9.61 Å². The summed E-state index contributed by atoms with van der Waals surface area (Å²) in [7, 11) is 0. The van der Waals surface area contributed by atoms with E-state index in [9.17, 15) is 20.2 Å². The zero-order chi connectivity index (χ0) is 10.3. The van der Waals surface area contributed by atoms with Gasteiger partial charge in [-0.15, -0.1) is 5.21 Å². The van der Waals surface area contributed by atoms with E-state index in [1.54, 1.807) is 0 Å². The van der Waals surface area contributed by atoms with Gasteiger partial charge in [-0.25, -0.2) is 0 Å². The molecule has 0 aliphatic rings. The first kappa shape index (κ1) is 8.10. The zero-order valence-corrected chi connectivity index (χ0v) is 6.45. The third-order valence-electron chi connectivity index (χ3n) is 1.60. The van der Waals surface area contributed by atoms with Crippen LogP contribution in [0.15, 0.2) is 6.07 Å². The highest BCUT2D eigenvalue weighted by Crippen LogP contribution is 2.28. The van der Waals surface area contributed by atoms with Gasteiger partial charge in [-0.3, -0.25) is 10.1 Å². The number of nitro groups is 2. The van der Waals surface area contributed by atoms with Crippen LogP contribution in [-0.2, 0) is 0 Å². The highest BCUT2D eigenvalue weighted by Gasteiger charge is 2.32. The molecule has 0 saturated heterocycles. The van der Waals surface area contributed by atoms with Crippen LogP contribution in [0.25, 0.3) is 5.65 Å². The van der Waals surface area contributed by atoms with Crippen molar-refractivity contribution in [1.29, 1.82) is 0 Å². The van der Waals surface area contributed by atoms with Crippen LogP contribution in [-0.4, -0.2) is 29.9 Å². The molecule has 0 unspecified atom stereocenters. The summed E-state index contributed by atoms with van der Waals surface area (Å²) in [4.78, 5) is 19.2. The number of nitrogens with zero attached hydrogens (tertiary/aromatic N) is 5. The van der Waals surface area contributed by atoms with Crippen molar-refractivity contribution in [2.75, 3.05) is 0 Å². The Balaban J connectivity index is 2.82. The second kappa shape index (κ2) is 2.48. The number of rotatable bonds is 2. The van der Waals surface area contributed by atoms with Crippen LogP contribution < -0.4 is 0 Å². The topological polar surface area (TPSA) is 132 Å². The number of hydrogen-bond donors (Lipinski definition) is 1. The Morgan fingerprint density at radius 1 is 1.36 bits per heavy atom. The average molecular weight is 198 g/mol. The predicted molar refractivity (Wildman–Crippen MR) is 40.6 cm³/mol. The van der Waals surface area contributed by atoms with Crippen LogP contribution in [0.2, 0.25) is 0 Å². The first-order valence-electron chi connectivity index (χ1n) is 3.32. The lowest BCUT2D eigenvalue weighted by molar-refractivity contribution is -0.425. The minimum absolute atomic E-state index is 0.0309. The van der Waals surface area contributed by atoms with Crippen LogP contribution in [0.1, 0.15) is 0 Å². The van der Waals surface area contributed by atoms with Crippen molar-refractivity contribution in [3.63, 3.8) is 0 Å². The molecule has 0 aliphatic heterocycles. The second-order valence-electron chi connectivity index (χ2n) is 2.36. The first-order valence-corrected chi connectivity index (χ1v) is 3.32. The van der Waals surface area contributed by atoms with Crippen molar-refractivity contribution in [1.82, 2.24) is 20.0 Å². The Hall–Kier alpha value is -2.52. The van der Waals surface area contributed by atoms with Crippen molar-refractivity contribution in [3.05, 3.63) is 26.3 Å². The molecule has 1 N–H and O–H groups in total. The number of aromatic nitrogens is 4. The second-order valence-corrected chi connectivity index (χ2v) is 2.36. The van der Waals surface area contributed by atoms with Crippen molar-refractivity contribution in [3.8, 4) is 0 Å². The molecule has 0 atom stereocenters. The van der Waals surface area contributed by atoms with E-state index < -0.39 is 21.4 Å². The SMILES string of the molecule is O=[N+]([O-])c1cc2nn[nH]n2c1[N+](=O)[O-]. The molecule has 0 radical (unpaired) electrons. The number of H-pyrrole nitrogens is 1. The molecule has 2 heterocycles. The molecule has 0 bridgehead atoms. The molecule has 0 amide bonds. The fraction of sp³-hybridized carbons (Fsp3) is 0. The summed E-state index contributed by atoms with van der Waals surface area (Å²) < 4.78 is 0.831. The highest BCUT2D eigenvalue weighted by molar-refractivity contribution is 5.60. The molecule has 0 aromatic carbocycles. The summed E-state index contributed by atoms with van der Waals surface area (Å²) in [5.74, 6) is -0.685. The van der Waals surface area contributed by atoms with E-state index in [1.165, 1.54) is 0 Å². The summed E-state index contributed by atoms with van der Waals surface area (Å²) in [6.07, 6.45) is 0. The molecule has 10 nitrogen and oxygen atoms in total. The third-order valence-corrected chi connectivity index (χ3v) is 1.60. The number of hydrogen-bond acceptors (Lipinski definition) is 6. The van der Waals surface area contributed by atoms with Crippen molar-refractivity contribution < 1.29 is 9.85 Å². The van der Waals surface area contributed by atoms with Gasteiger partial charge in [0.2, 0.25) is 0 Å². The molecule has 0 saturated carbocycles. The third kappa shape index (κ3) is 0.903. The zero-order valence-electron chi connectivity index (χ0n) is 6.45. The van der Waals surface area contributed by atoms with Crippen molar-refractivity contribution in [2.45, 2.75) is 0 Å². The maximum absolute atomic E-state index is 10.5. The molecule has 72 valence electrons. The fourth-order valence-corrected chi connectivity index (χ4v) is 1.07. The average Bonchev–Trinajstić information content (AvgIpc) is 2.58. The highest BCUT2D eigenvalue weighted by atomic mass is 16.6. The van der Waals surface area contributed by atoms with Gasteiger partial charge in [-0.05, 0) is 10.1 Å². The van der Waals surface area contributed by atoms with Gasteiger partial charge in [0.1, 0.15) is 0 Å². The monoisotopic (exact) mass is 198 g/mol. The van der Waals surface area contributed by atoms with E-state index >= 15 is 0 Å². The normalized spacial score (nSPS) is 10.6. The van der Waals surface area contributed by atoms with Gasteiger partial charge in [0, 0.05) is 0 Å². The van der Waals surface area contributed by atoms with Gasteiger partial charge in [-0.2, -0.15) is 0 Å². The minimum Gasteiger partial charge on any atom is -0.358 e. The van der Waals surface area contributed by atoms with Gasteiger partial charge in [0.05, 0.1) is 11.0 Å². The Morgan fingerprint density at radius 3 is 2.64 bits per heavy atom. The molecule has 2 aromatic heterocycles. The van der Waals surface area contributed by atoms with Gasteiger partial charge >= 0.3 is 11.5 Å². The molecular weight excluding hydrogens is 196 g/mol. The summed E-state index contributed by atoms with van der Waals surface area (Å²) in [6, 6.07) is 0.974. The van der Waals surface area contributed by atoms with Crippen molar-refractivity contribution in [2.24, 2.45) is 0 Å².